The van der Waals surface area contributed by atoms with Crippen LogP contribution in [-0.2, 0) is 4.79 Å². The van der Waals surface area contributed by atoms with Gasteiger partial charge in [0.1, 0.15) is 0 Å². The maximum atomic E-state index is 13.6. The highest BCUT2D eigenvalue weighted by molar-refractivity contribution is 7.80. The minimum atomic E-state index is -0.682. The van der Waals surface area contributed by atoms with Crippen LogP contribution in [0.15, 0.2) is 78.4 Å². The summed E-state index contributed by atoms with van der Waals surface area (Å²) in [6.07, 6.45) is 0. The minimum absolute atomic E-state index is 0.0155. The molecule has 3 aromatic carbocycles. The topological polar surface area (TPSA) is 96.3 Å². The van der Waals surface area contributed by atoms with Crippen molar-refractivity contribution in [3.63, 3.8) is 0 Å². The van der Waals surface area contributed by atoms with Crippen molar-refractivity contribution in [1.29, 1.82) is 0 Å². The number of hydrogen-bond acceptors (Lipinski definition) is 4. The number of nitro benzene ring substituents is 1. The third-order valence-electron chi connectivity index (χ3n) is 5.45. The van der Waals surface area contributed by atoms with E-state index in [2.05, 4.69) is 16.0 Å². The molecule has 0 radical (unpaired) electrons. The molecule has 0 fully saturated rings. The van der Waals surface area contributed by atoms with Crippen molar-refractivity contribution in [2.45, 2.75) is 19.9 Å². The maximum Gasteiger partial charge on any atom is 0.272 e. The number of carbonyl (C=O) groups excluding carboxylic acids is 1. The third kappa shape index (κ3) is 4.75. The molecule has 166 valence electrons. The van der Waals surface area contributed by atoms with Crippen molar-refractivity contribution in [3.05, 3.63) is 111 Å². The largest absolute Gasteiger partial charge is 0.351 e. The van der Waals surface area contributed by atoms with Crippen LogP contribution in [0.25, 0.3) is 5.70 Å². The summed E-state index contributed by atoms with van der Waals surface area (Å²) in [6.45, 7) is 3.65. The fourth-order valence-electron chi connectivity index (χ4n) is 3.73. The predicted octanol–water partition coefficient (Wildman–Crippen LogP) is 4.78. The summed E-state index contributed by atoms with van der Waals surface area (Å²) in [6, 6.07) is 21.1. The summed E-state index contributed by atoms with van der Waals surface area (Å²) in [7, 11) is 0. The van der Waals surface area contributed by atoms with Gasteiger partial charge in [-0.3, -0.25) is 14.9 Å². The second-order valence-corrected chi connectivity index (χ2v) is 8.22. The van der Waals surface area contributed by atoms with E-state index < -0.39 is 11.0 Å². The van der Waals surface area contributed by atoms with Crippen LogP contribution < -0.4 is 16.0 Å². The molecule has 0 bridgehead atoms. The van der Waals surface area contributed by atoms with Crippen LogP contribution in [-0.4, -0.2) is 15.9 Å². The summed E-state index contributed by atoms with van der Waals surface area (Å²) >= 11 is 5.43. The number of aryl methyl sites for hydroxylation is 2. The van der Waals surface area contributed by atoms with Gasteiger partial charge in [-0.25, -0.2) is 0 Å². The van der Waals surface area contributed by atoms with Crippen molar-refractivity contribution in [2.75, 3.05) is 5.32 Å². The van der Waals surface area contributed by atoms with E-state index >= 15 is 0 Å². The zero-order valence-corrected chi connectivity index (χ0v) is 18.9. The second-order valence-electron chi connectivity index (χ2n) is 7.81. The smallest absolute Gasteiger partial charge is 0.272 e. The molecular formula is C25H22N4O3S. The van der Waals surface area contributed by atoms with Crippen LogP contribution in [0.1, 0.15) is 28.3 Å². The first-order valence-electron chi connectivity index (χ1n) is 10.3. The zero-order chi connectivity index (χ0) is 23.5. The Kier molecular flexibility index (Phi) is 6.19. The Morgan fingerprint density at radius 3 is 2.39 bits per heavy atom. The standard InChI is InChI=1S/C25H22N4O3S/c1-15-8-12-19(13-9-15)26-24(30)21-22(17-6-4-3-5-7-17)27-25(33)28-23(21)18-11-10-16(2)20(14-18)29(31)32/h3-14,23H,1-2H3,(H,26,30)(H2,27,28,33)/t23-/m0/s1. The van der Waals surface area contributed by atoms with Crippen LogP contribution in [0.3, 0.4) is 0 Å². The number of anilines is 1. The first-order chi connectivity index (χ1) is 15.8. The first-order valence-corrected chi connectivity index (χ1v) is 10.7. The average Bonchev–Trinajstić information content (AvgIpc) is 2.80. The molecule has 8 heteroatoms. The van der Waals surface area contributed by atoms with E-state index in [0.29, 0.717) is 33.2 Å². The third-order valence-corrected chi connectivity index (χ3v) is 5.67. The number of benzene rings is 3. The molecule has 0 aliphatic carbocycles. The van der Waals surface area contributed by atoms with E-state index in [1.54, 1.807) is 19.1 Å². The molecule has 0 saturated carbocycles. The molecule has 0 saturated heterocycles. The fourth-order valence-corrected chi connectivity index (χ4v) is 3.95. The SMILES string of the molecule is Cc1ccc(NC(=O)C2=C(c3ccccc3)NC(=S)N[C@H]2c2ccc(C)c([N+](=O)[O-])c2)cc1. The van der Waals surface area contributed by atoms with Crippen molar-refractivity contribution < 1.29 is 9.72 Å². The van der Waals surface area contributed by atoms with Gasteiger partial charge in [0.25, 0.3) is 11.6 Å². The quantitative estimate of drug-likeness (QED) is 0.289. The maximum absolute atomic E-state index is 13.6. The zero-order valence-electron chi connectivity index (χ0n) is 18.1. The Morgan fingerprint density at radius 2 is 1.73 bits per heavy atom. The summed E-state index contributed by atoms with van der Waals surface area (Å²) < 4.78 is 0. The van der Waals surface area contributed by atoms with Gasteiger partial charge in [-0.05, 0) is 49.3 Å². The number of nitrogens with one attached hydrogen (secondary N) is 3. The number of rotatable bonds is 5. The normalized spacial score (nSPS) is 15.5. The highest BCUT2D eigenvalue weighted by Gasteiger charge is 2.33. The van der Waals surface area contributed by atoms with E-state index in [-0.39, 0.29) is 11.6 Å². The van der Waals surface area contributed by atoms with Crippen molar-refractivity contribution in [3.8, 4) is 0 Å². The van der Waals surface area contributed by atoms with Crippen LogP contribution in [0.4, 0.5) is 11.4 Å². The monoisotopic (exact) mass is 458 g/mol. The lowest BCUT2D eigenvalue weighted by atomic mass is 9.91. The summed E-state index contributed by atoms with van der Waals surface area (Å²) in [5.41, 5.74) is 4.53. The van der Waals surface area contributed by atoms with E-state index in [9.17, 15) is 14.9 Å². The Bertz CT molecular complexity index is 1270. The highest BCUT2D eigenvalue weighted by atomic mass is 32.1. The highest BCUT2D eigenvalue weighted by Crippen LogP contribution is 2.34. The van der Waals surface area contributed by atoms with Crippen molar-refractivity contribution in [1.82, 2.24) is 10.6 Å². The minimum Gasteiger partial charge on any atom is -0.351 e. The van der Waals surface area contributed by atoms with Gasteiger partial charge in [-0.1, -0.05) is 60.2 Å². The van der Waals surface area contributed by atoms with Crippen LogP contribution >= 0.6 is 12.2 Å². The molecule has 0 aromatic heterocycles. The van der Waals surface area contributed by atoms with Crippen LogP contribution in [0.2, 0.25) is 0 Å². The van der Waals surface area contributed by atoms with E-state index in [4.69, 9.17) is 12.2 Å². The lowest BCUT2D eigenvalue weighted by molar-refractivity contribution is -0.385. The molecule has 0 spiro atoms. The Hall–Kier alpha value is -4.04. The van der Waals surface area contributed by atoms with E-state index in [1.165, 1.54) is 6.07 Å². The molecule has 1 aliphatic rings. The molecule has 33 heavy (non-hydrogen) atoms. The average molecular weight is 459 g/mol. The number of amides is 1. The van der Waals surface area contributed by atoms with Gasteiger partial charge >= 0.3 is 0 Å². The predicted molar refractivity (Wildman–Crippen MR) is 133 cm³/mol. The van der Waals surface area contributed by atoms with Gasteiger partial charge in [-0.2, -0.15) is 0 Å². The molecular weight excluding hydrogens is 436 g/mol. The molecule has 1 atom stereocenters. The molecule has 4 rings (SSSR count). The lowest BCUT2D eigenvalue weighted by Gasteiger charge is -2.31. The Balaban J connectivity index is 1.86. The van der Waals surface area contributed by atoms with Gasteiger partial charge in [-0.15, -0.1) is 0 Å². The van der Waals surface area contributed by atoms with Gasteiger partial charge < -0.3 is 16.0 Å². The molecule has 0 unspecified atom stereocenters. The van der Waals surface area contributed by atoms with Crippen molar-refractivity contribution in [2.24, 2.45) is 0 Å². The van der Waals surface area contributed by atoms with Gasteiger partial charge in [0, 0.05) is 17.3 Å². The fraction of sp³-hybridized carbons (Fsp3) is 0.120. The summed E-state index contributed by atoms with van der Waals surface area (Å²) in [4.78, 5) is 24.7. The van der Waals surface area contributed by atoms with Crippen molar-refractivity contribution >= 4 is 40.3 Å². The van der Waals surface area contributed by atoms with E-state index in [1.807, 2.05) is 61.5 Å². The number of thiocarbonyl (C=S) groups is 1. The first kappa shape index (κ1) is 22.2. The van der Waals surface area contributed by atoms with Gasteiger partial charge in [0.05, 0.1) is 22.2 Å². The number of nitrogens with zero attached hydrogens (tertiary/aromatic N) is 1. The molecule has 7 nitrogen and oxygen atoms in total. The lowest BCUT2D eigenvalue weighted by Crippen LogP contribution is -2.45. The van der Waals surface area contributed by atoms with E-state index in [0.717, 1.165) is 11.1 Å². The number of hydrogen-bond donors (Lipinski definition) is 3. The molecule has 1 heterocycles. The molecule has 3 N–H and O–H groups in total. The van der Waals surface area contributed by atoms with Gasteiger partial charge in [0.2, 0.25) is 0 Å². The Labute approximate surface area is 196 Å². The van der Waals surface area contributed by atoms with Crippen LogP contribution in [0.5, 0.6) is 0 Å². The van der Waals surface area contributed by atoms with Gasteiger partial charge in [0.15, 0.2) is 5.11 Å². The second kappa shape index (κ2) is 9.22. The molecule has 1 aliphatic heterocycles. The summed E-state index contributed by atoms with van der Waals surface area (Å²) in [5, 5.41) is 21.1. The van der Waals surface area contributed by atoms with Crippen LogP contribution in [0, 0.1) is 24.0 Å². The summed E-state index contributed by atoms with van der Waals surface area (Å²) in [5.74, 6) is -0.339. The number of carbonyl (C=O) groups is 1. The number of nitro groups is 1. The Morgan fingerprint density at radius 1 is 1.03 bits per heavy atom. The molecule has 1 amide bonds. The molecule has 3 aromatic rings.